The first-order valence-electron chi connectivity index (χ1n) is 11.9. The van der Waals surface area contributed by atoms with Crippen molar-refractivity contribution in [1.29, 1.82) is 0 Å². The standard InChI is InChI=1S/C24H41NO4/c1-3-12-24(23(28)29-2,17-8-4-5-9-17)13-6-10-18-15-20-19(11-7-14-26)22(27)16-21(20)25-18/h7,11,17-22,25-27H,3-6,8-10,12-16H2,1-2H3/t18?,19-,20-,21-,22-,24?/m1/s1. The lowest BCUT2D eigenvalue weighted by Crippen LogP contribution is -2.39. The highest BCUT2D eigenvalue weighted by Crippen LogP contribution is 2.48. The lowest BCUT2D eigenvalue weighted by molar-refractivity contribution is -0.158. The molecule has 3 fully saturated rings. The molecule has 3 N–H and O–H groups in total. The molecule has 0 radical (unpaired) electrons. The van der Waals surface area contributed by atoms with Gasteiger partial charge in [-0.25, -0.2) is 0 Å². The summed E-state index contributed by atoms with van der Waals surface area (Å²) in [5, 5.41) is 23.2. The topological polar surface area (TPSA) is 78.8 Å². The largest absolute Gasteiger partial charge is 0.469 e. The number of esters is 1. The Bertz CT molecular complexity index is 559. The summed E-state index contributed by atoms with van der Waals surface area (Å²) in [7, 11) is 1.55. The number of hydrogen-bond acceptors (Lipinski definition) is 5. The zero-order chi connectivity index (χ0) is 20.9. The summed E-state index contributed by atoms with van der Waals surface area (Å²) in [6.07, 6.45) is 15.2. The van der Waals surface area contributed by atoms with E-state index in [0.29, 0.717) is 23.9 Å². The Morgan fingerprint density at radius 2 is 2.00 bits per heavy atom. The molecule has 5 nitrogen and oxygen atoms in total. The van der Waals surface area contributed by atoms with E-state index in [1.807, 2.05) is 6.08 Å². The van der Waals surface area contributed by atoms with E-state index in [1.54, 1.807) is 13.2 Å². The van der Waals surface area contributed by atoms with E-state index in [1.165, 1.54) is 12.8 Å². The molecule has 3 aliphatic rings. The second kappa shape index (κ2) is 10.4. The van der Waals surface area contributed by atoms with Crippen LogP contribution in [-0.4, -0.2) is 48.1 Å². The molecular weight excluding hydrogens is 366 g/mol. The highest BCUT2D eigenvalue weighted by molar-refractivity contribution is 5.77. The van der Waals surface area contributed by atoms with E-state index in [2.05, 4.69) is 12.2 Å². The zero-order valence-corrected chi connectivity index (χ0v) is 18.3. The molecule has 166 valence electrons. The fourth-order valence-electron chi connectivity index (χ4n) is 6.74. The first-order valence-corrected chi connectivity index (χ1v) is 11.9. The summed E-state index contributed by atoms with van der Waals surface area (Å²) in [6.45, 7) is 2.21. The van der Waals surface area contributed by atoms with Crippen LogP contribution in [0.3, 0.4) is 0 Å². The fourth-order valence-corrected chi connectivity index (χ4v) is 6.74. The van der Waals surface area contributed by atoms with E-state index >= 15 is 0 Å². The second-order valence-corrected chi connectivity index (χ2v) is 9.63. The van der Waals surface area contributed by atoms with Crippen LogP contribution in [0.1, 0.15) is 77.6 Å². The van der Waals surface area contributed by atoms with Gasteiger partial charge in [-0.2, -0.15) is 0 Å². The van der Waals surface area contributed by atoms with E-state index in [9.17, 15) is 9.90 Å². The molecule has 0 bridgehead atoms. The Hall–Kier alpha value is -0.910. The van der Waals surface area contributed by atoms with Crippen LogP contribution in [0.25, 0.3) is 0 Å². The highest BCUT2D eigenvalue weighted by atomic mass is 16.5. The number of methoxy groups -OCH3 is 1. The first kappa shape index (κ1) is 22.8. The van der Waals surface area contributed by atoms with Crippen molar-refractivity contribution < 1.29 is 19.7 Å². The van der Waals surface area contributed by atoms with Crippen molar-refractivity contribution in [3.05, 3.63) is 12.2 Å². The molecule has 29 heavy (non-hydrogen) atoms. The van der Waals surface area contributed by atoms with Gasteiger partial charge >= 0.3 is 5.97 Å². The molecule has 1 aliphatic heterocycles. The van der Waals surface area contributed by atoms with Crippen LogP contribution in [0.5, 0.6) is 0 Å². The summed E-state index contributed by atoms with van der Waals surface area (Å²) in [4.78, 5) is 12.9. The number of fused-ring (bicyclic) bond motifs is 1. The van der Waals surface area contributed by atoms with Gasteiger partial charge in [-0.1, -0.05) is 44.8 Å². The third-order valence-electron chi connectivity index (χ3n) is 8.02. The summed E-state index contributed by atoms with van der Waals surface area (Å²) in [5.74, 6) is 1.10. The Morgan fingerprint density at radius 1 is 1.24 bits per heavy atom. The molecule has 0 aromatic rings. The number of carbonyl (C=O) groups excluding carboxylic acids is 1. The predicted octanol–water partition coefficient (Wildman–Crippen LogP) is 3.58. The fraction of sp³-hybridized carbons (Fsp3) is 0.875. The summed E-state index contributed by atoms with van der Waals surface area (Å²) in [5.41, 5.74) is -0.295. The van der Waals surface area contributed by atoms with Gasteiger partial charge in [0.15, 0.2) is 0 Å². The second-order valence-electron chi connectivity index (χ2n) is 9.63. The molecule has 0 spiro atoms. The lowest BCUT2D eigenvalue weighted by atomic mass is 9.68. The van der Waals surface area contributed by atoms with Gasteiger partial charge in [0.1, 0.15) is 0 Å². The molecule has 1 heterocycles. The molecule has 0 amide bonds. The molecule has 0 aromatic carbocycles. The van der Waals surface area contributed by atoms with Crippen LogP contribution < -0.4 is 5.32 Å². The van der Waals surface area contributed by atoms with Gasteiger partial charge in [-0.15, -0.1) is 0 Å². The zero-order valence-electron chi connectivity index (χ0n) is 18.3. The van der Waals surface area contributed by atoms with Gasteiger partial charge in [0.25, 0.3) is 0 Å². The predicted molar refractivity (Wildman–Crippen MR) is 114 cm³/mol. The third kappa shape index (κ3) is 4.88. The van der Waals surface area contributed by atoms with Crippen molar-refractivity contribution in [3.63, 3.8) is 0 Å². The van der Waals surface area contributed by atoms with E-state index in [0.717, 1.165) is 57.8 Å². The molecule has 2 aliphatic carbocycles. The lowest BCUT2D eigenvalue weighted by Gasteiger charge is -2.37. The van der Waals surface area contributed by atoms with Crippen molar-refractivity contribution in [2.24, 2.45) is 23.2 Å². The van der Waals surface area contributed by atoms with Crippen molar-refractivity contribution in [3.8, 4) is 0 Å². The molecular formula is C24H41NO4. The minimum Gasteiger partial charge on any atom is -0.469 e. The number of ether oxygens (including phenoxy) is 1. The molecule has 5 heteroatoms. The average Bonchev–Trinajstić information content (AvgIpc) is 3.43. The van der Waals surface area contributed by atoms with Gasteiger partial charge < -0.3 is 20.3 Å². The van der Waals surface area contributed by atoms with Crippen LogP contribution in [0.2, 0.25) is 0 Å². The number of aliphatic hydroxyl groups excluding tert-OH is 2. The van der Waals surface area contributed by atoms with Gasteiger partial charge in [0, 0.05) is 18.0 Å². The van der Waals surface area contributed by atoms with Crippen LogP contribution in [0, 0.1) is 23.2 Å². The number of aliphatic hydroxyl groups is 2. The van der Waals surface area contributed by atoms with Crippen LogP contribution in [-0.2, 0) is 9.53 Å². The van der Waals surface area contributed by atoms with E-state index < -0.39 is 0 Å². The van der Waals surface area contributed by atoms with E-state index in [-0.39, 0.29) is 30.0 Å². The minimum atomic E-state index is -0.305. The maximum Gasteiger partial charge on any atom is 0.312 e. The quantitative estimate of drug-likeness (QED) is 0.381. The number of carbonyl (C=O) groups is 1. The van der Waals surface area contributed by atoms with Gasteiger partial charge in [0.05, 0.1) is 25.2 Å². The Balaban J connectivity index is 1.57. The molecule has 0 aromatic heterocycles. The van der Waals surface area contributed by atoms with Gasteiger partial charge in [-0.3, -0.25) is 4.79 Å². The number of nitrogens with one attached hydrogen (secondary N) is 1. The SMILES string of the molecule is CCCC(CCCC1C[C@@H]2[C@@H](C=CCO)[C@H](O)C[C@H]2N1)(C(=O)OC)C1CCCC1. The van der Waals surface area contributed by atoms with Gasteiger partial charge in [-0.05, 0) is 56.8 Å². The summed E-state index contributed by atoms with van der Waals surface area (Å²) < 4.78 is 5.32. The minimum absolute atomic E-state index is 0.0137. The monoisotopic (exact) mass is 407 g/mol. The maximum absolute atomic E-state index is 12.9. The normalized spacial score (nSPS) is 34.6. The highest BCUT2D eigenvalue weighted by Gasteiger charge is 2.48. The summed E-state index contributed by atoms with van der Waals surface area (Å²) in [6, 6.07) is 0.835. The molecule has 1 saturated heterocycles. The van der Waals surface area contributed by atoms with Crippen LogP contribution in [0.15, 0.2) is 12.2 Å². The third-order valence-corrected chi connectivity index (χ3v) is 8.02. The maximum atomic E-state index is 12.9. The first-order chi connectivity index (χ1) is 14.1. The van der Waals surface area contributed by atoms with Crippen LogP contribution in [0.4, 0.5) is 0 Å². The van der Waals surface area contributed by atoms with Crippen molar-refractivity contribution in [2.45, 2.75) is 95.7 Å². The van der Waals surface area contributed by atoms with Crippen molar-refractivity contribution in [2.75, 3.05) is 13.7 Å². The van der Waals surface area contributed by atoms with Crippen molar-refractivity contribution in [1.82, 2.24) is 5.32 Å². The van der Waals surface area contributed by atoms with Crippen molar-refractivity contribution >= 4 is 5.97 Å². The smallest absolute Gasteiger partial charge is 0.312 e. The molecule has 2 saturated carbocycles. The van der Waals surface area contributed by atoms with Crippen LogP contribution >= 0.6 is 0 Å². The molecule has 3 rings (SSSR count). The van der Waals surface area contributed by atoms with Gasteiger partial charge in [0.2, 0.25) is 0 Å². The summed E-state index contributed by atoms with van der Waals surface area (Å²) >= 11 is 0. The molecule has 2 unspecified atom stereocenters. The average molecular weight is 408 g/mol. The van der Waals surface area contributed by atoms with E-state index in [4.69, 9.17) is 9.84 Å². The molecule has 6 atom stereocenters. The number of hydrogen-bond donors (Lipinski definition) is 3. The Kier molecular flexibility index (Phi) is 8.17. The Morgan fingerprint density at radius 3 is 2.66 bits per heavy atom. The number of rotatable bonds is 10. The Labute approximate surface area is 176 Å².